The fourth-order valence-electron chi connectivity index (χ4n) is 2.05. The van der Waals surface area contributed by atoms with E-state index in [1.54, 1.807) is 0 Å². The monoisotopic (exact) mass is 183 g/mol. The number of rotatable bonds is 3. The Morgan fingerprint density at radius 3 is 2.38 bits per heavy atom. The zero-order valence-electron chi connectivity index (χ0n) is 9.41. The molecule has 0 aliphatic carbocycles. The van der Waals surface area contributed by atoms with Crippen LogP contribution in [0.1, 0.15) is 20.3 Å². The predicted molar refractivity (Wildman–Crippen MR) is 56.0 cm³/mol. The minimum Gasteiger partial charge on any atom is -0.347 e. The molecule has 13 heavy (non-hydrogen) atoms. The maximum absolute atomic E-state index is 2.43. The molecule has 0 aromatic heterocycles. The predicted octanol–water partition coefficient (Wildman–Crippen LogP) is 1.35. The molecule has 0 fully saturated rings. The van der Waals surface area contributed by atoms with Gasteiger partial charge in [-0.05, 0) is 27.4 Å². The van der Waals surface area contributed by atoms with Gasteiger partial charge in [-0.2, -0.15) is 0 Å². The number of nitrogens with zero attached hydrogens (tertiary/aromatic N) is 3. The second kappa shape index (κ2) is 4.01. The van der Waals surface area contributed by atoms with E-state index < -0.39 is 0 Å². The highest BCUT2D eigenvalue weighted by Gasteiger charge is 2.28. The summed E-state index contributed by atoms with van der Waals surface area (Å²) >= 11 is 0. The lowest BCUT2D eigenvalue weighted by Crippen LogP contribution is -2.48. The van der Waals surface area contributed by atoms with Gasteiger partial charge in [-0.25, -0.2) is 0 Å². The van der Waals surface area contributed by atoms with Crippen molar-refractivity contribution in [3.05, 3.63) is 11.9 Å². The highest BCUT2D eigenvalue weighted by Crippen LogP contribution is 2.23. The van der Waals surface area contributed by atoms with E-state index in [1.165, 1.54) is 5.70 Å². The van der Waals surface area contributed by atoms with E-state index in [0.717, 1.165) is 13.0 Å². The van der Waals surface area contributed by atoms with Crippen molar-refractivity contribution < 1.29 is 0 Å². The first-order valence-electron chi connectivity index (χ1n) is 4.97. The average molecular weight is 183 g/mol. The quantitative estimate of drug-likeness (QED) is 0.654. The molecular formula is C10H21N3. The van der Waals surface area contributed by atoms with Gasteiger partial charge in [0.25, 0.3) is 0 Å². The SMILES string of the molecule is CCC1=CN(C)C(N(C)C)N1CC. The van der Waals surface area contributed by atoms with Gasteiger partial charge in [0.1, 0.15) is 0 Å². The Labute approximate surface area is 81.6 Å². The van der Waals surface area contributed by atoms with Crippen molar-refractivity contribution in [2.45, 2.75) is 26.6 Å². The van der Waals surface area contributed by atoms with Crippen molar-refractivity contribution in [3.63, 3.8) is 0 Å². The largest absolute Gasteiger partial charge is 0.347 e. The Balaban J connectivity index is 2.79. The Morgan fingerprint density at radius 1 is 1.38 bits per heavy atom. The van der Waals surface area contributed by atoms with Crippen molar-refractivity contribution in [3.8, 4) is 0 Å². The van der Waals surface area contributed by atoms with Crippen LogP contribution < -0.4 is 0 Å². The molecule has 0 saturated carbocycles. The first-order chi connectivity index (χ1) is 6.11. The minimum atomic E-state index is 0.403. The third-order valence-corrected chi connectivity index (χ3v) is 2.53. The molecule has 76 valence electrons. The lowest BCUT2D eigenvalue weighted by Gasteiger charge is -2.36. The normalized spacial score (nSPS) is 22.9. The third-order valence-electron chi connectivity index (χ3n) is 2.53. The van der Waals surface area contributed by atoms with Crippen molar-refractivity contribution >= 4 is 0 Å². The van der Waals surface area contributed by atoms with E-state index in [1.807, 2.05) is 0 Å². The smallest absolute Gasteiger partial charge is 0.159 e. The summed E-state index contributed by atoms with van der Waals surface area (Å²) in [5, 5.41) is 0. The lowest BCUT2D eigenvalue weighted by molar-refractivity contribution is 0.0396. The molecule has 1 atom stereocenters. The summed E-state index contributed by atoms with van der Waals surface area (Å²) in [6, 6.07) is 0. The molecule has 0 amide bonds. The molecule has 1 aliphatic heterocycles. The molecule has 3 nitrogen and oxygen atoms in total. The number of hydrogen-bond acceptors (Lipinski definition) is 3. The molecule has 0 aromatic carbocycles. The van der Waals surface area contributed by atoms with Crippen LogP contribution in [0.15, 0.2) is 11.9 Å². The Bertz CT molecular complexity index is 198. The second-order valence-electron chi connectivity index (χ2n) is 3.74. The van der Waals surface area contributed by atoms with Gasteiger partial charge in [0.15, 0.2) is 6.29 Å². The summed E-state index contributed by atoms with van der Waals surface area (Å²) in [6.07, 6.45) is 3.76. The molecule has 1 aliphatic rings. The molecule has 0 saturated heterocycles. The summed E-state index contributed by atoms with van der Waals surface area (Å²) < 4.78 is 0. The molecule has 0 aromatic rings. The summed E-state index contributed by atoms with van der Waals surface area (Å²) in [5.41, 5.74) is 1.43. The van der Waals surface area contributed by atoms with E-state index in [0.29, 0.717) is 6.29 Å². The molecule has 0 spiro atoms. The molecule has 1 heterocycles. The molecule has 0 bridgehead atoms. The van der Waals surface area contributed by atoms with Crippen LogP contribution in [-0.2, 0) is 0 Å². The van der Waals surface area contributed by atoms with E-state index >= 15 is 0 Å². The van der Waals surface area contributed by atoms with Crippen LogP contribution >= 0.6 is 0 Å². The van der Waals surface area contributed by atoms with Crippen LogP contribution in [0.3, 0.4) is 0 Å². The first-order valence-corrected chi connectivity index (χ1v) is 4.97. The van der Waals surface area contributed by atoms with Crippen LogP contribution in [0.5, 0.6) is 0 Å². The van der Waals surface area contributed by atoms with Crippen molar-refractivity contribution in [2.75, 3.05) is 27.7 Å². The van der Waals surface area contributed by atoms with E-state index in [2.05, 4.69) is 55.9 Å². The standard InChI is InChI=1S/C10H21N3/c1-6-9-8-12(5)10(11(3)4)13(9)7-2/h8,10H,6-7H2,1-5H3. The van der Waals surface area contributed by atoms with Crippen molar-refractivity contribution in [1.82, 2.24) is 14.7 Å². The van der Waals surface area contributed by atoms with Gasteiger partial charge in [-0.15, -0.1) is 0 Å². The van der Waals surface area contributed by atoms with E-state index in [9.17, 15) is 0 Å². The minimum absolute atomic E-state index is 0.403. The van der Waals surface area contributed by atoms with Crippen molar-refractivity contribution in [1.29, 1.82) is 0 Å². The Morgan fingerprint density at radius 2 is 2.00 bits per heavy atom. The first kappa shape index (κ1) is 10.4. The summed E-state index contributed by atoms with van der Waals surface area (Å²) in [5.74, 6) is 0. The highest BCUT2D eigenvalue weighted by atomic mass is 15.5. The van der Waals surface area contributed by atoms with Gasteiger partial charge in [0.05, 0.1) is 0 Å². The average Bonchev–Trinajstić information content (AvgIpc) is 2.41. The van der Waals surface area contributed by atoms with E-state index in [4.69, 9.17) is 0 Å². The van der Waals surface area contributed by atoms with Crippen LogP contribution in [0.25, 0.3) is 0 Å². The van der Waals surface area contributed by atoms with Crippen LogP contribution in [0.4, 0.5) is 0 Å². The molecular weight excluding hydrogens is 162 g/mol. The summed E-state index contributed by atoms with van der Waals surface area (Å²) in [4.78, 5) is 6.94. The molecule has 1 unspecified atom stereocenters. The van der Waals surface area contributed by atoms with Gasteiger partial charge >= 0.3 is 0 Å². The molecule has 1 rings (SSSR count). The zero-order chi connectivity index (χ0) is 10.0. The number of allylic oxidation sites excluding steroid dienone is 1. The molecule has 0 radical (unpaired) electrons. The van der Waals surface area contributed by atoms with Gasteiger partial charge in [0.2, 0.25) is 0 Å². The van der Waals surface area contributed by atoms with Crippen LogP contribution in [0, 0.1) is 0 Å². The van der Waals surface area contributed by atoms with Crippen LogP contribution in [-0.4, -0.2) is 48.7 Å². The third kappa shape index (κ3) is 1.80. The summed E-state index contributed by atoms with van der Waals surface area (Å²) in [7, 11) is 6.38. The summed E-state index contributed by atoms with van der Waals surface area (Å²) in [6.45, 7) is 5.49. The maximum atomic E-state index is 2.43. The maximum Gasteiger partial charge on any atom is 0.159 e. The van der Waals surface area contributed by atoms with Gasteiger partial charge in [-0.1, -0.05) is 6.92 Å². The van der Waals surface area contributed by atoms with Crippen LogP contribution in [0.2, 0.25) is 0 Å². The zero-order valence-corrected chi connectivity index (χ0v) is 9.41. The van der Waals surface area contributed by atoms with Gasteiger partial charge < -0.3 is 9.80 Å². The second-order valence-corrected chi connectivity index (χ2v) is 3.74. The number of hydrogen-bond donors (Lipinski definition) is 0. The van der Waals surface area contributed by atoms with Crippen molar-refractivity contribution in [2.24, 2.45) is 0 Å². The fraction of sp³-hybridized carbons (Fsp3) is 0.800. The van der Waals surface area contributed by atoms with Gasteiger partial charge in [0, 0.05) is 25.5 Å². The Hall–Kier alpha value is -0.700. The Kier molecular flexibility index (Phi) is 3.20. The lowest BCUT2D eigenvalue weighted by atomic mass is 10.3. The van der Waals surface area contributed by atoms with E-state index in [-0.39, 0.29) is 0 Å². The molecule has 3 heteroatoms. The molecule has 0 N–H and O–H groups in total. The van der Waals surface area contributed by atoms with Gasteiger partial charge in [-0.3, -0.25) is 4.90 Å². The topological polar surface area (TPSA) is 9.72 Å². The fourth-order valence-corrected chi connectivity index (χ4v) is 2.05. The highest BCUT2D eigenvalue weighted by molar-refractivity contribution is 5.07.